The molecule has 0 radical (unpaired) electrons. The van der Waals surface area contributed by atoms with Gasteiger partial charge in [-0.05, 0) is 64.3 Å². The van der Waals surface area contributed by atoms with Crippen LogP contribution in [0.2, 0.25) is 0 Å². The average molecular weight is 372 g/mol. The van der Waals surface area contributed by atoms with Gasteiger partial charge in [-0.2, -0.15) is 5.26 Å². The van der Waals surface area contributed by atoms with Gasteiger partial charge in [0.2, 0.25) is 0 Å². The van der Waals surface area contributed by atoms with E-state index in [-0.39, 0.29) is 5.56 Å². The Morgan fingerprint density at radius 3 is 2.43 bits per heavy atom. The molecule has 0 amide bonds. The molecular weight excluding hydrogens is 358 g/mol. The fourth-order valence-electron chi connectivity index (χ4n) is 2.02. The number of aromatic carboxylic acids is 1. The Morgan fingerprint density at radius 2 is 1.91 bits per heavy atom. The Morgan fingerprint density at radius 1 is 1.26 bits per heavy atom. The summed E-state index contributed by atoms with van der Waals surface area (Å²) in [6.45, 7) is 2.49. The van der Waals surface area contributed by atoms with Crippen molar-refractivity contribution < 1.29 is 14.6 Å². The Hall–Kier alpha value is -2.58. The molecule has 0 atom stereocenters. The van der Waals surface area contributed by atoms with E-state index >= 15 is 0 Å². The highest BCUT2D eigenvalue weighted by Crippen LogP contribution is 2.28. The number of allylic oxidation sites excluding steroid dienone is 1. The average Bonchev–Trinajstić information content (AvgIpc) is 2.55. The van der Waals surface area contributed by atoms with Gasteiger partial charge in [-0.1, -0.05) is 18.2 Å². The molecule has 2 aromatic rings. The minimum absolute atomic E-state index is 0.190. The number of ether oxygens (including phenoxy) is 1. The van der Waals surface area contributed by atoms with E-state index in [1.807, 2.05) is 25.1 Å². The lowest BCUT2D eigenvalue weighted by Gasteiger charge is -2.06. The Kier molecular flexibility index (Phi) is 5.56. The van der Waals surface area contributed by atoms with Crippen molar-refractivity contribution in [1.82, 2.24) is 0 Å². The van der Waals surface area contributed by atoms with Gasteiger partial charge in [0.25, 0.3) is 0 Å². The summed E-state index contributed by atoms with van der Waals surface area (Å²) in [7, 11) is 0. The first-order valence-electron chi connectivity index (χ1n) is 6.93. The van der Waals surface area contributed by atoms with Gasteiger partial charge in [0, 0.05) is 0 Å². The SMILES string of the molecule is CCOc1ccc(C=C(C#N)c2ccc(C(=O)O)cc2)cc1Br. The Bertz CT molecular complexity index is 789. The lowest BCUT2D eigenvalue weighted by Crippen LogP contribution is -1.95. The van der Waals surface area contributed by atoms with E-state index in [1.165, 1.54) is 12.1 Å². The van der Waals surface area contributed by atoms with Gasteiger partial charge in [-0.15, -0.1) is 0 Å². The van der Waals surface area contributed by atoms with Crippen LogP contribution >= 0.6 is 15.9 Å². The number of hydrogen-bond acceptors (Lipinski definition) is 3. The monoisotopic (exact) mass is 371 g/mol. The van der Waals surface area contributed by atoms with Crippen LogP contribution in [-0.2, 0) is 0 Å². The van der Waals surface area contributed by atoms with Crippen molar-refractivity contribution in [3.8, 4) is 11.8 Å². The molecule has 0 saturated heterocycles. The van der Waals surface area contributed by atoms with E-state index < -0.39 is 5.97 Å². The number of carboxylic acid groups (broad SMARTS) is 1. The first-order valence-corrected chi connectivity index (χ1v) is 7.72. The minimum atomic E-state index is -0.991. The van der Waals surface area contributed by atoms with E-state index in [4.69, 9.17) is 9.84 Å². The highest BCUT2D eigenvalue weighted by atomic mass is 79.9. The van der Waals surface area contributed by atoms with Crippen molar-refractivity contribution in [2.45, 2.75) is 6.92 Å². The third-order valence-corrected chi connectivity index (χ3v) is 3.75. The predicted molar refractivity (Wildman–Crippen MR) is 92.2 cm³/mol. The smallest absolute Gasteiger partial charge is 0.335 e. The predicted octanol–water partition coefficient (Wildman–Crippen LogP) is 4.61. The first kappa shape index (κ1) is 16.8. The molecule has 0 heterocycles. The van der Waals surface area contributed by atoms with Gasteiger partial charge in [0.1, 0.15) is 5.75 Å². The molecule has 2 aromatic carbocycles. The number of carbonyl (C=O) groups is 1. The number of nitriles is 1. The topological polar surface area (TPSA) is 70.3 Å². The lowest BCUT2D eigenvalue weighted by atomic mass is 10.0. The molecule has 0 saturated carbocycles. The highest BCUT2D eigenvalue weighted by Gasteiger charge is 2.06. The molecule has 0 fully saturated rings. The summed E-state index contributed by atoms with van der Waals surface area (Å²) in [6, 6.07) is 13.9. The molecular formula is C18H14BrNO3. The van der Waals surface area contributed by atoms with E-state index in [0.29, 0.717) is 17.7 Å². The minimum Gasteiger partial charge on any atom is -0.493 e. The summed E-state index contributed by atoms with van der Waals surface area (Å²) in [5.41, 5.74) is 2.16. The van der Waals surface area contributed by atoms with Crippen molar-refractivity contribution in [1.29, 1.82) is 5.26 Å². The van der Waals surface area contributed by atoms with Crippen LogP contribution in [0.4, 0.5) is 0 Å². The third-order valence-electron chi connectivity index (χ3n) is 3.13. The lowest BCUT2D eigenvalue weighted by molar-refractivity contribution is 0.0697. The van der Waals surface area contributed by atoms with Gasteiger partial charge >= 0.3 is 5.97 Å². The van der Waals surface area contributed by atoms with Crippen LogP contribution in [0.15, 0.2) is 46.9 Å². The van der Waals surface area contributed by atoms with Gasteiger partial charge in [-0.3, -0.25) is 0 Å². The van der Waals surface area contributed by atoms with Crippen LogP contribution in [0.25, 0.3) is 11.6 Å². The van der Waals surface area contributed by atoms with Crippen molar-refractivity contribution >= 4 is 33.5 Å². The van der Waals surface area contributed by atoms with Crippen molar-refractivity contribution in [3.05, 3.63) is 63.6 Å². The number of hydrogen-bond donors (Lipinski definition) is 1. The van der Waals surface area contributed by atoms with Crippen LogP contribution < -0.4 is 4.74 Å². The molecule has 1 N–H and O–H groups in total. The third kappa shape index (κ3) is 4.21. The number of halogens is 1. The molecule has 0 aliphatic carbocycles. The molecule has 0 bridgehead atoms. The molecule has 0 aromatic heterocycles. The summed E-state index contributed by atoms with van der Waals surface area (Å²) in [5.74, 6) is -0.247. The molecule has 0 unspecified atom stereocenters. The Balaban J connectivity index is 2.33. The summed E-state index contributed by atoms with van der Waals surface area (Å²) in [4.78, 5) is 10.9. The normalized spacial score (nSPS) is 10.9. The molecule has 4 nitrogen and oxygen atoms in total. The van der Waals surface area contributed by atoms with Gasteiger partial charge in [-0.25, -0.2) is 4.79 Å². The molecule has 2 rings (SSSR count). The largest absolute Gasteiger partial charge is 0.493 e. The van der Waals surface area contributed by atoms with Crippen LogP contribution in [-0.4, -0.2) is 17.7 Å². The number of nitrogens with zero attached hydrogens (tertiary/aromatic N) is 1. The molecule has 0 aliphatic heterocycles. The van der Waals surface area contributed by atoms with E-state index in [2.05, 4.69) is 22.0 Å². The standard InChI is InChI=1S/C18H14BrNO3/c1-2-23-17-8-3-12(10-16(17)19)9-15(11-20)13-4-6-14(7-5-13)18(21)22/h3-10H,2H2,1H3,(H,21,22). The zero-order valence-electron chi connectivity index (χ0n) is 12.4. The second kappa shape index (κ2) is 7.61. The summed E-state index contributed by atoms with van der Waals surface area (Å²) in [6.07, 6.45) is 1.75. The number of rotatable bonds is 5. The molecule has 0 aliphatic rings. The van der Waals surface area contributed by atoms with Crippen LogP contribution in [0.5, 0.6) is 5.75 Å². The molecule has 0 spiro atoms. The molecule has 116 valence electrons. The summed E-state index contributed by atoms with van der Waals surface area (Å²) in [5, 5.41) is 18.3. The zero-order chi connectivity index (χ0) is 16.8. The van der Waals surface area contributed by atoms with E-state index in [0.717, 1.165) is 15.8 Å². The van der Waals surface area contributed by atoms with Crippen LogP contribution in [0.1, 0.15) is 28.4 Å². The van der Waals surface area contributed by atoms with Crippen LogP contribution in [0, 0.1) is 11.3 Å². The van der Waals surface area contributed by atoms with Crippen molar-refractivity contribution in [2.75, 3.05) is 6.61 Å². The fraction of sp³-hybridized carbons (Fsp3) is 0.111. The van der Waals surface area contributed by atoms with Crippen molar-refractivity contribution in [3.63, 3.8) is 0 Å². The summed E-state index contributed by atoms with van der Waals surface area (Å²) < 4.78 is 6.27. The van der Waals surface area contributed by atoms with Gasteiger partial charge in [0.15, 0.2) is 0 Å². The second-order valence-electron chi connectivity index (χ2n) is 4.68. The summed E-state index contributed by atoms with van der Waals surface area (Å²) >= 11 is 3.44. The first-order chi connectivity index (χ1) is 11.0. The van der Waals surface area contributed by atoms with Gasteiger partial charge < -0.3 is 9.84 Å². The number of carboxylic acids is 1. The maximum Gasteiger partial charge on any atom is 0.335 e. The Labute approximate surface area is 142 Å². The second-order valence-corrected chi connectivity index (χ2v) is 5.53. The maximum absolute atomic E-state index is 10.9. The van der Waals surface area contributed by atoms with E-state index in [1.54, 1.807) is 18.2 Å². The molecule has 23 heavy (non-hydrogen) atoms. The fourth-order valence-corrected chi connectivity index (χ4v) is 2.53. The van der Waals surface area contributed by atoms with E-state index in [9.17, 15) is 10.1 Å². The van der Waals surface area contributed by atoms with Crippen molar-refractivity contribution in [2.24, 2.45) is 0 Å². The van der Waals surface area contributed by atoms with Crippen LogP contribution in [0.3, 0.4) is 0 Å². The number of benzene rings is 2. The maximum atomic E-state index is 10.9. The quantitative estimate of drug-likeness (QED) is 0.615. The zero-order valence-corrected chi connectivity index (χ0v) is 14.0. The molecule has 5 heteroatoms. The highest BCUT2D eigenvalue weighted by molar-refractivity contribution is 9.10. The van der Waals surface area contributed by atoms with Gasteiger partial charge in [0.05, 0.1) is 28.3 Å².